The number of fused-ring (bicyclic) bond motifs is 1. The molecule has 0 N–H and O–H groups in total. The number of para-hydroxylation sites is 1. The van der Waals surface area contributed by atoms with Crippen LogP contribution < -0.4 is 4.90 Å². The van der Waals surface area contributed by atoms with Gasteiger partial charge in [0.15, 0.2) is 17.2 Å². The molecule has 0 aliphatic heterocycles. The largest absolute Gasteiger partial charge is 0.274 e. The monoisotopic (exact) mass is 334 g/mol. The molecule has 2 aromatic heterocycles. The van der Waals surface area contributed by atoms with Crippen molar-refractivity contribution in [3.05, 3.63) is 41.7 Å². The van der Waals surface area contributed by atoms with E-state index in [1.54, 1.807) is 11.6 Å². The van der Waals surface area contributed by atoms with Crippen LogP contribution in [0, 0.1) is 18.3 Å². The van der Waals surface area contributed by atoms with Crippen molar-refractivity contribution in [3.8, 4) is 11.8 Å². The van der Waals surface area contributed by atoms with E-state index in [1.807, 2.05) is 36.4 Å². The van der Waals surface area contributed by atoms with Gasteiger partial charge in [-0.25, -0.2) is 19.5 Å². The highest BCUT2D eigenvalue weighted by Crippen LogP contribution is 2.24. The quantitative estimate of drug-likeness (QED) is 0.709. The molecule has 2 amide bonds. The molecule has 0 atom stereocenters. The summed E-state index contributed by atoms with van der Waals surface area (Å²) in [5.74, 6) is -1.17. The number of hydrogen-bond acceptors (Lipinski definition) is 6. The molecule has 0 fully saturated rings. The third-order valence-corrected chi connectivity index (χ3v) is 3.60. The van der Waals surface area contributed by atoms with Crippen LogP contribution in [-0.2, 0) is 9.59 Å². The maximum Gasteiger partial charge on any atom is 0.231 e. The van der Waals surface area contributed by atoms with Crippen molar-refractivity contribution in [3.63, 3.8) is 0 Å². The minimum atomic E-state index is -0.542. The number of anilines is 1. The average molecular weight is 334 g/mol. The minimum absolute atomic E-state index is 0.0907. The smallest absolute Gasteiger partial charge is 0.231 e. The summed E-state index contributed by atoms with van der Waals surface area (Å²) in [6.45, 7) is 4.22. The predicted octanol–water partition coefficient (Wildman–Crippen LogP) is 1.89. The number of carbonyl (C=O) groups excluding carboxylic acids is 2. The molecular weight excluding hydrogens is 320 g/mol. The lowest BCUT2D eigenvalue weighted by Crippen LogP contribution is -2.34. The zero-order valence-corrected chi connectivity index (χ0v) is 13.9. The molecule has 0 saturated carbocycles. The molecule has 3 aromatic rings. The lowest BCUT2D eigenvalue weighted by molar-refractivity contribution is -0.124. The average Bonchev–Trinajstić information content (AvgIpc) is 2.90. The summed E-state index contributed by atoms with van der Waals surface area (Å²) in [5, 5.41) is 13.8. The second-order valence-corrected chi connectivity index (χ2v) is 5.39. The van der Waals surface area contributed by atoms with Crippen LogP contribution in [0.4, 0.5) is 5.82 Å². The van der Waals surface area contributed by atoms with Gasteiger partial charge < -0.3 is 0 Å². The molecule has 0 spiro atoms. The Labute approximate surface area is 143 Å². The fourth-order valence-corrected chi connectivity index (χ4v) is 2.55. The van der Waals surface area contributed by atoms with Crippen molar-refractivity contribution in [2.24, 2.45) is 0 Å². The molecule has 1 aromatic carbocycles. The molecule has 0 aliphatic rings. The molecule has 0 unspecified atom stereocenters. The first-order chi connectivity index (χ1) is 11.9. The molecule has 0 radical (unpaired) electrons. The van der Waals surface area contributed by atoms with E-state index in [2.05, 4.69) is 15.1 Å². The lowest BCUT2D eigenvalue weighted by Gasteiger charge is -2.16. The van der Waals surface area contributed by atoms with Crippen molar-refractivity contribution in [2.45, 2.75) is 20.8 Å². The van der Waals surface area contributed by atoms with E-state index >= 15 is 0 Å². The van der Waals surface area contributed by atoms with Gasteiger partial charge in [-0.3, -0.25) is 9.59 Å². The van der Waals surface area contributed by atoms with E-state index in [1.165, 1.54) is 13.8 Å². The number of carbonyl (C=O) groups is 2. The number of benzene rings is 1. The van der Waals surface area contributed by atoms with Gasteiger partial charge in [-0.15, -0.1) is 0 Å². The van der Waals surface area contributed by atoms with E-state index in [4.69, 9.17) is 0 Å². The van der Waals surface area contributed by atoms with Gasteiger partial charge in [0.05, 0.1) is 11.4 Å². The van der Waals surface area contributed by atoms with Crippen LogP contribution in [0.1, 0.15) is 25.2 Å². The van der Waals surface area contributed by atoms with E-state index in [9.17, 15) is 14.9 Å². The third-order valence-electron chi connectivity index (χ3n) is 3.60. The number of imide groups is 1. The third kappa shape index (κ3) is 2.72. The number of amides is 2. The highest BCUT2D eigenvalue weighted by Gasteiger charge is 2.25. The Morgan fingerprint density at radius 1 is 1.12 bits per heavy atom. The summed E-state index contributed by atoms with van der Waals surface area (Å²) in [7, 11) is 0. The van der Waals surface area contributed by atoms with Gasteiger partial charge in [0, 0.05) is 13.8 Å². The van der Waals surface area contributed by atoms with Crippen LogP contribution in [0.2, 0.25) is 0 Å². The van der Waals surface area contributed by atoms with E-state index in [-0.39, 0.29) is 11.5 Å². The predicted molar refractivity (Wildman–Crippen MR) is 90.0 cm³/mol. The fourth-order valence-electron chi connectivity index (χ4n) is 2.55. The normalized spacial score (nSPS) is 10.5. The Morgan fingerprint density at radius 2 is 1.76 bits per heavy atom. The highest BCUT2D eigenvalue weighted by atomic mass is 16.2. The zero-order chi connectivity index (χ0) is 18.1. The first-order valence-corrected chi connectivity index (χ1v) is 7.48. The minimum Gasteiger partial charge on any atom is -0.274 e. The molecule has 8 heteroatoms. The molecule has 25 heavy (non-hydrogen) atoms. The molecule has 0 saturated heterocycles. The summed E-state index contributed by atoms with van der Waals surface area (Å²) < 4.78 is 1.57. The fraction of sp³-hybridized carbons (Fsp3) is 0.176. The molecular formula is C17H14N6O2. The maximum absolute atomic E-state index is 11.9. The number of nitriles is 1. The number of nitrogens with zero attached hydrogens (tertiary/aromatic N) is 6. The van der Waals surface area contributed by atoms with Crippen LogP contribution in [-0.4, -0.2) is 31.6 Å². The zero-order valence-electron chi connectivity index (χ0n) is 13.9. The van der Waals surface area contributed by atoms with Gasteiger partial charge in [-0.1, -0.05) is 18.2 Å². The van der Waals surface area contributed by atoms with Crippen LogP contribution in [0.5, 0.6) is 0 Å². The Hall–Kier alpha value is -3.60. The Bertz CT molecular complexity index is 1020. The molecule has 3 rings (SSSR count). The van der Waals surface area contributed by atoms with E-state index in [0.717, 1.165) is 10.6 Å². The van der Waals surface area contributed by atoms with Crippen molar-refractivity contribution >= 4 is 28.8 Å². The first kappa shape index (κ1) is 16.3. The molecule has 0 bridgehead atoms. The van der Waals surface area contributed by atoms with Crippen molar-refractivity contribution in [2.75, 3.05) is 4.90 Å². The van der Waals surface area contributed by atoms with Crippen LogP contribution in [0.15, 0.2) is 30.3 Å². The summed E-state index contributed by atoms with van der Waals surface area (Å²) in [4.78, 5) is 33.2. The number of rotatable bonds is 2. The summed E-state index contributed by atoms with van der Waals surface area (Å²) in [6.07, 6.45) is 0. The van der Waals surface area contributed by atoms with Crippen LogP contribution in [0.25, 0.3) is 16.9 Å². The Morgan fingerprint density at radius 3 is 2.32 bits per heavy atom. The summed E-state index contributed by atoms with van der Waals surface area (Å²) >= 11 is 0. The van der Waals surface area contributed by atoms with Crippen LogP contribution >= 0.6 is 0 Å². The number of aromatic nitrogens is 4. The summed E-state index contributed by atoms with van der Waals surface area (Å²) in [6, 6.07) is 11.2. The number of aryl methyl sites for hydroxylation is 1. The van der Waals surface area contributed by atoms with Gasteiger partial charge in [0.2, 0.25) is 11.8 Å². The molecule has 124 valence electrons. The van der Waals surface area contributed by atoms with E-state index in [0.29, 0.717) is 16.9 Å². The van der Waals surface area contributed by atoms with Gasteiger partial charge in [-0.2, -0.15) is 10.4 Å². The molecule has 8 nitrogen and oxygen atoms in total. The first-order valence-electron chi connectivity index (χ1n) is 7.48. The second-order valence-electron chi connectivity index (χ2n) is 5.39. The van der Waals surface area contributed by atoms with Gasteiger partial charge in [0.1, 0.15) is 11.6 Å². The Kier molecular flexibility index (Phi) is 3.99. The lowest BCUT2D eigenvalue weighted by atomic mass is 10.3. The van der Waals surface area contributed by atoms with Crippen molar-refractivity contribution < 1.29 is 9.59 Å². The Balaban J connectivity index is 2.34. The van der Waals surface area contributed by atoms with Crippen molar-refractivity contribution in [1.29, 1.82) is 5.26 Å². The van der Waals surface area contributed by atoms with Crippen molar-refractivity contribution in [1.82, 2.24) is 19.7 Å². The SMILES string of the molecule is CC(=O)N(C(C)=O)c1nc2c(nc1C#N)c(C)nn2-c1ccccc1. The van der Waals surface area contributed by atoms with Gasteiger partial charge in [0.25, 0.3) is 0 Å². The summed E-state index contributed by atoms with van der Waals surface area (Å²) in [5.41, 5.74) is 2.05. The molecule has 2 heterocycles. The number of hydrogen-bond donors (Lipinski definition) is 0. The van der Waals surface area contributed by atoms with Gasteiger partial charge in [-0.05, 0) is 19.1 Å². The standard InChI is InChI=1S/C17H14N6O2/c1-10-15-17(23(21-10)13-7-5-4-6-8-13)20-16(14(9-18)19-15)22(11(2)24)12(3)25/h4-8H,1-3H3. The maximum atomic E-state index is 11.9. The topological polar surface area (TPSA) is 105 Å². The van der Waals surface area contributed by atoms with E-state index < -0.39 is 11.8 Å². The second kappa shape index (κ2) is 6.13. The van der Waals surface area contributed by atoms with Crippen LogP contribution in [0.3, 0.4) is 0 Å². The highest BCUT2D eigenvalue weighted by molar-refractivity contribution is 6.13. The molecule has 0 aliphatic carbocycles. The van der Waals surface area contributed by atoms with Gasteiger partial charge >= 0.3 is 0 Å².